The number of pyridine rings is 1. The highest BCUT2D eigenvalue weighted by Gasteiger charge is 2.43. The molecule has 0 spiro atoms. The van der Waals surface area contributed by atoms with Gasteiger partial charge < -0.3 is 10.0 Å². The summed E-state index contributed by atoms with van der Waals surface area (Å²) >= 11 is 1.47. The molecular formula is C19H20N2O3S. The smallest absolute Gasteiger partial charge is 0.290 e. The highest BCUT2D eigenvalue weighted by molar-refractivity contribution is 7.10. The maximum atomic E-state index is 12.7. The van der Waals surface area contributed by atoms with Gasteiger partial charge in [-0.05, 0) is 35.1 Å². The first kappa shape index (κ1) is 17.4. The first-order chi connectivity index (χ1) is 12.0. The topological polar surface area (TPSA) is 70.5 Å². The number of thiophene rings is 1. The van der Waals surface area contributed by atoms with Crippen LogP contribution in [-0.4, -0.2) is 26.7 Å². The molecule has 0 saturated heterocycles. The van der Waals surface area contributed by atoms with Gasteiger partial charge in [-0.1, -0.05) is 19.9 Å². The summed E-state index contributed by atoms with van der Waals surface area (Å²) in [5.41, 5.74) is 1.12. The van der Waals surface area contributed by atoms with Crippen LogP contribution in [0.2, 0.25) is 0 Å². The molecule has 1 N–H and O–H groups in total. The molecule has 1 unspecified atom stereocenters. The van der Waals surface area contributed by atoms with Crippen LogP contribution in [-0.2, 0) is 16.1 Å². The van der Waals surface area contributed by atoms with Crippen LogP contribution in [0, 0.1) is 5.92 Å². The van der Waals surface area contributed by atoms with Gasteiger partial charge >= 0.3 is 0 Å². The third kappa shape index (κ3) is 3.49. The standard InChI is InChI=1S/C19H20N2O3S/c1-12(2)10-14(22)16-17(15-4-3-9-25-15)21(19(24)18(16)23)11-13-5-7-20-8-6-13/h3-9,12,17,23H,10-11H2,1-2H3. The number of carbonyl (C=O) groups excluding carboxylic acids is 2. The Kier molecular flexibility index (Phi) is 4.99. The largest absolute Gasteiger partial charge is 0.503 e. The van der Waals surface area contributed by atoms with Crippen LogP contribution < -0.4 is 0 Å². The van der Waals surface area contributed by atoms with Crippen molar-refractivity contribution in [3.05, 3.63) is 63.8 Å². The minimum absolute atomic E-state index is 0.154. The molecule has 0 radical (unpaired) electrons. The monoisotopic (exact) mass is 356 g/mol. The van der Waals surface area contributed by atoms with Crippen molar-refractivity contribution in [2.45, 2.75) is 32.9 Å². The van der Waals surface area contributed by atoms with Gasteiger partial charge in [-0.2, -0.15) is 0 Å². The SMILES string of the molecule is CC(C)CC(=O)C1=C(O)C(=O)N(Cc2ccncc2)C1c1cccs1. The number of rotatable bonds is 6. The second kappa shape index (κ2) is 7.19. The van der Waals surface area contributed by atoms with E-state index in [-0.39, 0.29) is 17.3 Å². The van der Waals surface area contributed by atoms with E-state index in [1.54, 1.807) is 17.3 Å². The molecule has 1 amide bonds. The lowest BCUT2D eigenvalue weighted by Crippen LogP contribution is -2.30. The Bertz CT molecular complexity index is 797. The molecule has 6 heteroatoms. The maximum Gasteiger partial charge on any atom is 0.290 e. The van der Waals surface area contributed by atoms with Gasteiger partial charge in [-0.25, -0.2) is 0 Å². The van der Waals surface area contributed by atoms with Gasteiger partial charge in [0, 0.05) is 30.2 Å². The van der Waals surface area contributed by atoms with E-state index < -0.39 is 17.7 Å². The maximum absolute atomic E-state index is 12.7. The van der Waals surface area contributed by atoms with E-state index in [4.69, 9.17) is 0 Å². The van der Waals surface area contributed by atoms with E-state index in [0.29, 0.717) is 13.0 Å². The number of hydrogen-bond acceptors (Lipinski definition) is 5. The Morgan fingerprint density at radius 3 is 2.64 bits per heavy atom. The van der Waals surface area contributed by atoms with E-state index in [1.165, 1.54) is 11.3 Å². The fourth-order valence-electron chi connectivity index (χ4n) is 3.01. The minimum atomic E-state index is -0.535. The number of aromatic nitrogens is 1. The zero-order valence-electron chi connectivity index (χ0n) is 14.2. The third-order valence-corrected chi connectivity index (χ3v) is 5.04. The fourth-order valence-corrected chi connectivity index (χ4v) is 3.86. The number of aliphatic hydroxyl groups is 1. The van der Waals surface area contributed by atoms with Crippen LogP contribution >= 0.6 is 11.3 Å². The lowest BCUT2D eigenvalue weighted by atomic mass is 9.95. The summed E-state index contributed by atoms with van der Waals surface area (Å²) in [5, 5.41) is 12.3. The van der Waals surface area contributed by atoms with Crippen molar-refractivity contribution in [3.8, 4) is 0 Å². The molecule has 0 fully saturated rings. The summed E-state index contributed by atoms with van der Waals surface area (Å²) < 4.78 is 0. The van der Waals surface area contributed by atoms with Crippen LogP contribution in [0.4, 0.5) is 0 Å². The highest BCUT2D eigenvalue weighted by atomic mass is 32.1. The van der Waals surface area contributed by atoms with E-state index in [0.717, 1.165) is 10.4 Å². The van der Waals surface area contributed by atoms with Gasteiger partial charge in [0.15, 0.2) is 11.5 Å². The molecule has 0 saturated carbocycles. The normalized spacial score (nSPS) is 17.6. The summed E-state index contributed by atoms with van der Waals surface area (Å²) in [7, 11) is 0. The summed E-state index contributed by atoms with van der Waals surface area (Å²) in [6.45, 7) is 4.20. The molecule has 1 aliphatic rings. The first-order valence-corrected chi connectivity index (χ1v) is 9.06. The Hall–Kier alpha value is -2.47. The van der Waals surface area contributed by atoms with Gasteiger partial charge in [0.2, 0.25) is 0 Å². The molecule has 3 rings (SSSR count). The van der Waals surface area contributed by atoms with E-state index in [2.05, 4.69) is 4.98 Å². The number of amides is 1. The molecule has 2 aromatic heterocycles. The van der Waals surface area contributed by atoms with Gasteiger partial charge in [-0.15, -0.1) is 11.3 Å². The summed E-state index contributed by atoms with van der Waals surface area (Å²) in [5.74, 6) is -0.932. The average Bonchev–Trinajstić information content (AvgIpc) is 3.18. The summed E-state index contributed by atoms with van der Waals surface area (Å²) in [6.07, 6.45) is 3.62. The highest BCUT2D eigenvalue weighted by Crippen LogP contribution is 2.41. The lowest BCUT2D eigenvalue weighted by molar-refractivity contribution is -0.130. The van der Waals surface area contributed by atoms with Crippen molar-refractivity contribution in [1.82, 2.24) is 9.88 Å². The molecule has 3 heterocycles. The zero-order valence-corrected chi connectivity index (χ0v) is 15.0. The molecule has 0 aliphatic carbocycles. The van der Waals surface area contributed by atoms with Gasteiger partial charge in [0.1, 0.15) is 0 Å². The van der Waals surface area contributed by atoms with Crippen molar-refractivity contribution in [3.63, 3.8) is 0 Å². The average molecular weight is 356 g/mol. The quantitative estimate of drug-likeness (QED) is 0.857. The molecule has 25 heavy (non-hydrogen) atoms. The molecule has 2 aromatic rings. The lowest BCUT2D eigenvalue weighted by Gasteiger charge is -2.26. The predicted molar refractivity (Wildman–Crippen MR) is 96.0 cm³/mol. The number of nitrogens with zero attached hydrogens (tertiary/aromatic N) is 2. The number of ketones is 1. The molecular weight excluding hydrogens is 336 g/mol. The fraction of sp³-hybridized carbons (Fsp3) is 0.316. The number of aliphatic hydroxyl groups excluding tert-OH is 1. The second-order valence-corrected chi connectivity index (χ2v) is 7.47. The van der Waals surface area contributed by atoms with Crippen molar-refractivity contribution in [2.24, 2.45) is 5.92 Å². The second-order valence-electron chi connectivity index (χ2n) is 6.49. The van der Waals surface area contributed by atoms with Gasteiger partial charge in [-0.3, -0.25) is 14.6 Å². The van der Waals surface area contributed by atoms with Gasteiger partial charge in [0.25, 0.3) is 5.91 Å². The number of Topliss-reactive ketones (excluding diaryl/α,β-unsaturated/α-hetero) is 1. The molecule has 130 valence electrons. The summed E-state index contributed by atoms with van der Waals surface area (Å²) in [6, 6.07) is 6.89. The minimum Gasteiger partial charge on any atom is -0.503 e. The molecule has 5 nitrogen and oxygen atoms in total. The Labute approximate surface area is 150 Å². The van der Waals surface area contributed by atoms with E-state index in [9.17, 15) is 14.7 Å². The van der Waals surface area contributed by atoms with E-state index in [1.807, 2.05) is 43.5 Å². The van der Waals surface area contributed by atoms with E-state index >= 15 is 0 Å². The van der Waals surface area contributed by atoms with Crippen LogP contribution in [0.1, 0.15) is 36.8 Å². The molecule has 1 atom stereocenters. The Morgan fingerprint density at radius 2 is 2.04 bits per heavy atom. The Balaban J connectivity index is 1.99. The van der Waals surface area contributed by atoms with Crippen molar-refractivity contribution in [1.29, 1.82) is 0 Å². The predicted octanol–water partition coefficient (Wildman–Crippen LogP) is 3.65. The number of hydrogen-bond donors (Lipinski definition) is 1. The van der Waals surface area contributed by atoms with Crippen LogP contribution in [0.25, 0.3) is 0 Å². The van der Waals surface area contributed by atoms with Crippen LogP contribution in [0.3, 0.4) is 0 Å². The van der Waals surface area contributed by atoms with Crippen molar-refractivity contribution in [2.75, 3.05) is 0 Å². The third-order valence-electron chi connectivity index (χ3n) is 4.11. The van der Waals surface area contributed by atoms with Gasteiger partial charge in [0.05, 0.1) is 11.6 Å². The van der Waals surface area contributed by atoms with Crippen molar-refractivity contribution >= 4 is 23.0 Å². The van der Waals surface area contributed by atoms with Crippen LogP contribution in [0.15, 0.2) is 53.4 Å². The number of carbonyl (C=O) groups is 2. The summed E-state index contributed by atoms with van der Waals surface area (Å²) in [4.78, 5) is 31.8. The van der Waals surface area contributed by atoms with Crippen molar-refractivity contribution < 1.29 is 14.7 Å². The zero-order chi connectivity index (χ0) is 18.0. The molecule has 1 aliphatic heterocycles. The Morgan fingerprint density at radius 1 is 1.32 bits per heavy atom. The molecule has 0 bridgehead atoms. The van der Waals surface area contributed by atoms with Crippen LogP contribution in [0.5, 0.6) is 0 Å². The molecule has 0 aromatic carbocycles. The first-order valence-electron chi connectivity index (χ1n) is 8.18.